The zero-order chi connectivity index (χ0) is 42.4. The monoisotopic (exact) mass is 953 g/mol. The van der Waals surface area contributed by atoms with E-state index in [9.17, 15) is 53.9 Å². The van der Waals surface area contributed by atoms with Crippen LogP contribution in [0.5, 0.6) is 5.88 Å². The van der Waals surface area contributed by atoms with Gasteiger partial charge in [0.25, 0.3) is 25.8 Å². The molecule has 300 valence electrons. The SMILES string of the molecule is CCn1c([O-])c(N=Nc2cc(N=c3nc(Cl)nc(-c4ccc(S(=O)(=O)[O-])c(N=c5[nH]c(Cl)nc(=N)[nH]5)c4)[nH]3)c(S(=O)(=O)O)cc2S(=O)(=O)O)c(C)c(C(=N)[O-])c1=O.[Na+].[Na+].[Na+]. The Morgan fingerprint density at radius 3 is 2.02 bits per heavy atom. The van der Waals surface area contributed by atoms with Crippen molar-refractivity contribution in [3.63, 3.8) is 0 Å². The number of halogens is 2. The average Bonchev–Trinajstić information content (AvgIpc) is 3.06. The molecule has 0 atom stereocenters. The summed E-state index contributed by atoms with van der Waals surface area (Å²) < 4.78 is 106. The fourth-order valence-corrected chi connectivity index (χ4v) is 7.17. The topological polar surface area (TPSA) is 417 Å². The standard InChI is InChI=1S/C27H23Cl2N13O12S3.3Na/c1-3-42-21(44)17(19(30)43)9(2)18(22(42)45)41-40-13-7-12(15(56(49,50)51)8-16(13)57(52,53)54)33-26-35-20(34-23(28)37-26)10-4-5-14(55(46,47)48)11(6-10)32-27-38-24(29)36-25(31)39-27;;;/h4-8,45H,3H2,1-2H3,(H2,30,43)(H,46,47,48)(H,49,50,51)(H,52,53,54)(H,33,34,35,37)(H3,31,32,36,38,39);;;/q;3*+1/p-3. The van der Waals surface area contributed by atoms with Crippen LogP contribution in [-0.2, 0) is 36.9 Å². The maximum Gasteiger partial charge on any atom is 1.00 e. The maximum atomic E-state index is 13.0. The van der Waals surface area contributed by atoms with E-state index in [-0.39, 0.29) is 124 Å². The molecule has 3 aromatic heterocycles. The maximum absolute atomic E-state index is 13.0. The number of hydrogen-bond donors (Lipinski definition) is 7. The van der Waals surface area contributed by atoms with Crippen LogP contribution in [0.2, 0.25) is 10.6 Å². The zero-order valence-corrected chi connectivity index (χ0v) is 41.1. The fraction of sp³-hybridized carbons (Fsp3) is 0.111. The summed E-state index contributed by atoms with van der Waals surface area (Å²) in [4.78, 5) is 35.8. The van der Waals surface area contributed by atoms with Crippen molar-refractivity contribution in [2.75, 3.05) is 0 Å². The molecular formula is C27H20Cl2N13Na3O12S3. The summed E-state index contributed by atoms with van der Waals surface area (Å²) in [6.07, 6.45) is 0. The Hall–Kier alpha value is -3.01. The van der Waals surface area contributed by atoms with Crippen LogP contribution in [0.1, 0.15) is 18.1 Å². The van der Waals surface area contributed by atoms with Gasteiger partial charge < -0.3 is 34.7 Å². The van der Waals surface area contributed by atoms with Gasteiger partial charge in [-0.05, 0) is 84.7 Å². The molecule has 0 aliphatic carbocycles. The molecule has 0 spiro atoms. The van der Waals surface area contributed by atoms with Gasteiger partial charge in [-0.3, -0.25) is 24.3 Å². The van der Waals surface area contributed by atoms with Gasteiger partial charge in [-0.15, -0.1) is 10.2 Å². The summed E-state index contributed by atoms with van der Waals surface area (Å²) >= 11 is 11.9. The van der Waals surface area contributed by atoms with Gasteiger partial charge in [0.1, 0.15) is 31.4 Å². The summed E-state index contributed by atoms with van der Waals surface area (Å²) in [6, 6.07) is 3.72. The van der Waals surface area contributed by atoms with E-state index in [1.165, 1.54) is 6.92 Å². The van der Waals surface area contributed by atoms with Crippen molar-refractivity contribution < 1.29 is 138 Å². The van der Waals surface area contributed by atoms with E-state index in [4.69, 9.17) is 34.0 Å². The van der Waals surface area contributed by atoms with Gasteiger partial charge in [0.2, 0.25) is 27.4 Å². The first-order chi connectivity index (χ1) is 26.4. The molecule has 0 radical (unpaired) electrons. The third-order valence-electron chi connectivity index (χ3n) is 7.30. The zero-order valence-electron chi connectivity index (χ0n) is 31.1. The number of hydrogen-bond acceptors (Lipinski definition) is 19. The van der Waals surface area contributed by atoms with Crippen molar-refractivity contribution in [2.24, 2.45) is 20.2 Å². The molecule has 2 aromatic carbocycles. The van der Waals surface area contributed by atoms with E-state index in [1.54, 1.807) is 0 Å². The van der Waals surface area contributed by atoms with Gasteiger partial charge in [-0.2, -0.15) is 31.8 Å². The minimum atomic E-state index is -5.41. The van der Waals surface area contributed by atoms with Crippen molar-refractivity contribution in [1.82, 2.24) is 34.5 Å². The smallest absolute Gasteiger partial charge is 0.859 e. The molecule has 0 amide bonds. The second kappa shape index (κ2) is 20.4. The largest absolute Gasteiger partial charge is 1.00 e. The summed E-state index contributed by atoms with van der Waals surface area (Å²) in [6.45, 7) is 2.16. The van der Waals surface area contributed by atoms with Gasteiger partial charge >= 0.3 is 88.7 Å². The predicted octanol–water partition coefficient (Wildman–Crippen LogP) is -9.15. The van der Waals surface area contributed by atoms with Crippen molar-refractivity contribution >= 4 is 82.2 Å². The van der Waals surface area contributed by atoms with Crippen LogP contribution in [0, 0.1) is 17.7 Å². The Balaban J connectivity index is 0.00000413. The minimum absolute atomic E-state index is 0. The number of nitrogens with one attached hydrogen (secondary N) is 5. The van der Waals surface area contributed by atoms with Crippen molar-refractivity contribution in [3.05, 3.63) is 79.2 Å². The normalized spacial score (nSPS) is 12.4. The molecule has 3 heterocycles. The third kappa shape index (κ3) is 12.1. The average molecular weight is 955 g/mol. The molecule has 0 fully saturated rings. The Bertz CT molecular complexity index is 3200. The van der Waals surface area contributed by atoms with Crippen LogP contribution in [0.3, 0.4) is 0 Å². The van der Waals surface area contributed by atoms with Gasteiger partial charge in [-0.25, -0.2) is 18.4 Å². The number of rotatable bonds is 10. The number of nitrogens with zero attached hydrogens (tertiary/aromatic N) is 8. The third-order valence-corrected chi connectivity index (χ3v) is 10.3. The van der Waals surface area contributed by atoms with Crippen molar-refractivity contribution in [1.29, 1.82) is 10.8 Å². The molecule has 7 N–H and O–H groups in total. The van der Waals surface area contributed by atoms with Gasteiger partial charge in [0, 0.05) is 12.1 Å². The molecule has 60 heavy (non-hydrogen) atoms. The van der Waals surface area contributed by atoms with Crippen molar-refractivity contribution in [3.8, 4) is 17.3 Å². The molecular weight excluding hydrogens is 934 g/mol. The molecule has 0 bridgehead atoms. The fourth-order valence-electron chi connectivity index (χ4n) is 4.89. The van der Waals surface area contributed by atoms with Crippen molar-refractivity contribution in [2.45, 2.75) is 35.1 Å². The number of pyridine rings is 1. The molecule has 5 aromatic rings. The van der Waals surface area contributed by atoms with E-state index in [0.29, 0.717) is 10.6 Å². The van der Waals surface area contributed by atoms with Crippen LogP contribution >= 0.6 is 23.2 Å². The van der Waals surface area contributed by atoms with Gasteiger partial charge in [0.05, 0.1) is 27.5 Å². The first-order valence-electron chi connectivity index (χ1n) is 14.9. The number of benzene rings is 2. The first kappa shape index (κ1) is 53.1. The molecule has 33 heteroatoms. The second-order valence-corrected chi connectivity index (χ2v) is 15.8. The number of azo groups is 1. The molecule has 25 nitrogen and oxygen atoms in total. The molecule has 5 rings (SSSR count). The Labute approximate surface area is 412 Å². The van der Waals surface area contributed by atoms with Crippen LogP contribution < -0.4 is 121 Å². The summed E-state index contributed by atoms with van der Waals surface area (Å²) in [5, 5.41) is 46.4. The van der Waals surface area contributed by atoms with E-state index < -0.39 is 113 Å². The Kier molecular flexibility index (Phi) is 18.1. The van der Waals surface area contributed by atoms with Gasteiger partial charge in [-0.1, -0.05) is 0 Å². The Morgan fingerprint density at radius 2 is 1.47 bits per heavy atom. The molecule has 0 saturated carbocycles. The molecule has 0 unspecified atom stereocenters. The van der Waals surface area contributed by atoms with E-state index in [2.05, 4.69) is 50.1 Å². The van der Waals surface area contributed by atoms with Crippen LogP contribution in [-0.4, -0.2) is 79.3 Å². The predicted molar refractivity (Wildman–Crippen MR) is 187 cm³/mol. The molecule has 0 aliphatic heterocycles. The summed E-state index contributed by atoms with van der Waals surface area (Å²) in [5.74, 6) is -2.89. The molecule has 0 saturated heterocycles. The van der Waals surface area contributed by atoms with Crippen LogP contribution in [0.25, 0.3) is 11.4 Å². The van der Waals surface area contributed by atoms with E-state index >= 15 is 0 Å². The van der Waals surface area contributed by atoms with E-state index in [1.807, 2.05) is 0 Å². The van der Waals surface area contributed by atoms with Gasteiger partial charge in [0.15, 0.2) is 0 Å². The quantitative estimate of drug-likeness (QED) is 0.0225. The second-order valence-electron chi connectivity index (χ2n) is 11.0. The Morgan fingerprint density at radius 1 is 0.867 bits per heavy atom. The number of H-pyrrole nitrogens is 3. The van der Waals surface area contributed by atoms with Crippen LogP contribution in [0.4, 0.5) is 22.7 Å². The van der Waals surface area contributed by atoms with E-state index in [0.717, 1.165) is 25.1 Å². The number of aromatic amines is 3. The number of aromatic nitrogens is 7. The summed E-state index contributed by atoms with van der Waals surface area (Å²) in [5.41, 5.74) is -6.80. The minimum Gasteiger partial charge on any atom is -0.859 e. The van der Waals surface area contributed by atoms with Crippen LogP contribution in [0.15, 0.2) is 70.0 Å². The first-order valence-corrected chi connectivity index (χ1v) is 19.9. The molecule has 0 aliphatic rings. The summed E-state index contributed by atoms with van der Waals surface area (Å²) in [7, 11) is -16.0.